The summed E-state index contributed by atoms with van der Waals surface area (Å²) in [6.07, 6.45) is 3.74. The van der Waals surface area contributed by atoms with Crippen molar-refractivity contribution in [3.05, 3.63) is 98.8 Å². The van der Waals surface area contributed by atoms with Crippen LogP contribution in [0.2, 0.25) is 0 Å². The number of benzene rings is 2. The van der Waals surface area contributed by atoms with Gasteiger partial charge in [0.05, 0.1) is 16.3 Å². The van der Waals surface area contributed by atoms with Gasteiger partial charge in [-0.05, 0) is 55.0 Å². The van der Waals surface area contributed by atoms with Crippen LogP contribution in [0.5, 0.6) is 0 Å². The largest absolute Gasteiger partial charge is 0.296 e. The van der Waals surface area contributed by atoms with E-state index in [-0.39, 0.29) is 22.3 Å². The van der Waals surface area contributed by atoms with Gasteiger partial charge in [0.1, 0.15) is 5.69 Å². The van der Waals surface area contributed by atoms with Crippen molar-refractivity contribution in [2.24, 2.45) is 7.05 Å². The Morgan fingerprint density at radius 1 is 1.00 bits per heavy atom. The number of nitrogens with one attached hydrogen (secondary N) is 1. The molecule has 1 saturated heterocycles. The number of hydrogen-bond donors (Lipinski definition) is 1. The molecule has 6 nitrogen and oxygen atoms in total. The van der Waals surface area contributed by atoms with E-state index in [1.54, 1.807) is 24.7 Å². The van der Waals surface area contributed by atoms with E-state index in [1.165, 1.54) is 9.58 Å². The van der Waals surface area contributed by atoms with Crippen molar-refractivity contribution in [3.63, 3.8) is 0 Å². The Bertz CT molecular complexity index is 1280. The van der Waals surface area contributed by atoms with E-state index in [2.05, 4.69) is 0 Å². The lowest BCUT2D eigenvalue weighted by Crippen LogP contribution is -2.33. The summed E-state index contributed by atoms with van der Waals surface area (Å²) in [7, 11) is 1.77. The number of rotatable bonds is 4. The maximum atomic E-state index is 13.3. The zero-order chi connectivity index (χ0) is 22.1. The fourth-order valence-corrected chi connectivity index (χ4v) is 4.46. The van der Waals surface area contributed by atoms with E-state index in [0.29, 0.717) is 16.3 Å². The molecule has 0 atom stereocenters. The summed E-state index contributed by atoms with van der Waals surface area (Å²) in [6, 6.07) is 19.1. The number of para-hydroxylation sites is 1. The molecule has 4 rings (SSSR count). The summed E-state index contributed by atoms with van der Waals surface area (Å²) < 4.78 is 3.22. The Morgan fingerprint density at radius 3 is 2.26 bits per heavy atom. The predicted octanol–water partition coefficient (Wildman–Crippen LogP) is 4.49. The topological polar surface area (TPSA) is 71.1 Å². The Balaban J connectivity index is 1.72. The summed E-state index contributed by atoms with van der Waals surface area (Å²) in [5, 5.41) is 8.42. The molecule has 1 N–H and O–H groups in total. The monoisotopic (exact) mass is 430 g/mol. The molecular formula is C24H22N4O2S. The van der Waals surface area contributed by atoms with Crippen molar-refractivity contribution in [2.75, 3.05) is 4.90 Å². The van der Waals surface area contributed by atoms with Crippen LogP contribution >= 0.6 is 11.8 Å². The smallest absolute Gasteiger partial charge is 0.283 e. The number of carbonyl (C=O) groups excluding carboxylic acids is 1. The van der Waals surface area contributed by atoms with Crippen LogP contribution in [-0.2, 0) is 11.8 Å². The lowest BCUT2D eigenvalue weighted by Gasteiger charge is -2.12. The van der Waals surface area contributed by atoms with Gasteiger partial charge in [-0.15, -0.1) is 0 Å². The number of nitrogens with zero attached hydrogens (tertiary/aromatic N) is 3. The first-order valence-corrected chi connectivity index (χ1v) is 10.6. The highest BCUT2D eigenvalue weighted by Crippen LogP contribution is 2.35. The highest BCUT2D eigenvalue weighted by molar-refractivity contribution is 8.19. The van der Waals surface area contributed by atoms with Crippen molar-refractivity contribution >= 4 is 34.6 Å². The van der Waals surface area contributed by atoms with Gasteiger partial charge in [-0.2, -0.15) is 0 Å². The van der Waals surface area contributed by atoms with Gasteiger partial charge in [-0.1, -0.05) is 54.6 Å². The quantitative estimate of drug-likeness (QED) is 0.620. The maximum Gasteiger partial charge on any atom is 0.296 e. The Morgan fingerprint density at radius 2 is 1.61 bits per heavy atom. The Labute approximate surface area is 184 Å². The SMILES string of the molecule is CC(/C=C1\SC(=N)N(c2c(C)n(C)n(-c3ccccc3)c2=O)C1=O)=C\c1ccccc1. The van der Waals surface area contributed by atoms with Gasteiger partial charge in [0.25, 0.3) is 11.5 Å². The molecule has 1 amide bonds. The maximum absolute atomic E-state index is 13.3. The predicted molar refractivity (Wildman–Crippen MR) is 127 cm³/mol. The molecule has 1 aliphatic heterocycles. The van der Waals surface area contributed by atoms with Crippen LogP contribution in [0.15, 0.2) is 82.0 Å². The summed E-state index contributed by atoms with van der Waals surface area (Å²) in [5.41, 5.74) is 3.12. The number of thioether (sulfide) groups is 1. The molecule has 1 aliphatic rings. The molecule has 3 aromatic rings. The second-order valence-electron chi connectivity index (χ2n) is 7.27. The zero-order valence-corrected chi connectivity index (χ0v) is 18.3. The minimum Gasteiger partial charge on any atom is -0.283 e. The van der Waals surface area contributed by atoms with E-state index in [9.17, 15) is 9.59 Å². The van der Waals surface area contributed by atoms with E-state index in [4.69, 9.17) is 5.41 Å². The lowest BCUT2D eigenvalue weighted by atomic mass is 10.1. The molecule has 156 valence electrons. The molecule has 0 saturated carbocycles. The molecular weight excluding hydrogens is 408 g/mol. The van der Waals surface area contributed by atoms with Gasteiger partial charge in [-0.25, -0.2) is 9.58 Å². The van der Waals surface area contributed by atoms with Crippen LogP contribution in [0.25, 0.3) is 11.8 Å². The van der Waals surface area contributed by atoms with Crippen LogP contribution < -0.4 is 10.5 Å². The zero-order valence-electron chi connectivity index (χ0n) is 17.5. The van der Waals surface area contributed by atoms with Gasteiger partial charge in [-0.3, -0.25) is 19.7 Å². The molecule has 2 heterocycles. The fourth-order valence-electron chi connectivity index (χ4n) is 3.56. The molecule has 0 unspecified atom stereocenters. The summed E-state index contributed by atoms with van der Waals surface area (Å²) >= 11 is 1.07. The van der Waals surface area contributed by atoms with Gasteiger partial charge in [0.15, 0.2) is 5.17 Å². The Hall–Kier alpha value is -3.58. The van der Waals surface area contributed by atoms with Crippen LogP contribution in [0.3, 0.4) is 0 Å². The standard InChI is InChI=1S/C24H22N4O2S/c1-16(14-18-10-6-4-7-11-18)15-20-22(29)27(24(25)31-20)21-17(2)26(3)28(23(21)30)19-12-8-5-9-13-19/h4-15,25H,1-3H3/b16-14+,20-15-,25-24?. The minimum absolute atomic E-state index is 0.0229. The average Bonchev–Trinajstić information content (AvgIpc) is 3.14. The number of hydrogen-bond acceptors (Lipinski definition) is 4. The van der Waals surface area contributed by atoms with Gasteiger partial charge < -0.3 is 0 Å². The van der Waals surface area contributed by atoms with Gasteiger partial charge in [0.2, 0.25) is 0 Å². The molecule has 0 aliphatic carbocycles. The summed E-state index contributed by atoms with van der Waals surface area (Å²) in [6.45, 7) is 3.69. The summed E-state index contributed by atoms with van der Waals surface area (Å²) in [5.74, 6) is -0.359. The van der Waals surface area contributed by atoms with Crippen molar-refractivity contribution in [2.45, 2.75) is 13.8 Å². The molecule has 0 spiro atoms. The third-order valence-corrected chi connectivity index (χ3v) is 6.01. The lowest BCUT2D eigenvalue weighted by molar-refractivity contribution is -0.113. The molecule has 7 heteroatoms. The number of allylic oxidation sites excluding steroid dienone is 2. The number of anilines is 1. The van der Waals surface area contributed by atoms with E-state index < -0.39 is 0 Å². The van der Waals surface area contributed by atoms with Crippen LogP contribution in [0.1, 0.15) is 18.2 Å². The van der Waals surface area contributed by atoms with Crippen LogP contribution in [-0.4, -0.2) is 20.4 Å². The van der Waals surface area contributed by atoms with Gasteiger partial charge >= 0.3 is 0 Å². The number of amides is 1. The second kappa shape index (κ2) is 8.28. The highest BCUT2D eigenvalue weighted by Gasteiger charge is 2.37. The number of amidine groups is 1. The molecule has 2 aromatic carbocycles. The van der Waals surface area contributed by atoms with E-state index in [1.807, 2.05) is 73.7 Å². The highest BCUT2D eigenvalue weighted by atomic mass is 32.2. The first-order valence-electron chi connectivity index (χ1n) is 9.78. The molecule has 1 aromatic heterocycles. The third-order valence-electron chi connectivity index (χ3n) is 5.12. The fraction of sp³-hybridized carbons (Fsp3) is 0.125. The van der Waals surface area contributed by atoms with Crippen LogP contribution in [0.4, 0.5) is 5.69 Å². The molecule has 31 heavy (non-hydrogen) atoms. The first-order chi connectivity index (χ1) is 14.9. The minimum atomic E-state index is -0.359. The summed E-state index contributed by atoms with van der Waals surface area (Å²) in [4.78, 5) is 28.1. The normalized spacial score (nSPS) is 15.9. The molecule has 0 bridgehead atoms. The van der Waals surface area contributed by atoms with Crippen molar-refractivity contribution in [1.29, 1.82) is 5.41 Å². The Kier molecular flexibility index (Phi) is 5.52. The van der Waals surface area contributed by atoms with Gasteiger partial charge in [0, 0.05) is 7.05 Å². The van der Waals surface area contributed by atoms with Crippen molar-refractivity contribution in [1.82, 2.24) is 9.36 Å². The first kappa shape index (κ1) is 20.7. The van der Waals surface area contributed by atoms with E-state index in [0.717, 1.165) is 22.9 Å². The molecule has 0 radical (unpaired) electrons. The molecule has 1 fully saturated rings. The van der Waals surface area contributed by atoms with Crippen molar-refractivity contribution in [3.8, 4) is 5.69 Å². The second-order valence-corrected chi connectivity index (χ2v) is 8.30. The average molecular weight is 431 g/mol. The number of aromatic nitrogens is 2. The van der Waals surface area contributed by atoms with Crippen LogP contribution in [0, 0.1) is 12.3 Å². The van der Waals surface area contributed by atoms with Crippen molar-refractivity contribution < 1.29 is 4.79 Å². The third kappa shape index (κ3) is 3.80. The number of carbonyl (C=O) groups is 1. The van der Waals surface area contributed by atoms with E-state index >= 15 is 0 Å².